The van der Waals surface area contributed by atoms with E-state index in [1.54, 1.807) is 17.0 Å². The van der Waals surface area contributed by atoms with Crippen molar-refractivity contribution in [3.05, 3.63) is 95.6 Å². The Labute approximate surface area is 227 Å². The van der Waals surface area contributed by atoms with Crippen LogP contribution in [-0.4, -0.2) is 39.0 Å². The van der Waals surface area contributed by atoms with Crippen LogP contribution in [0.2, 0.25) is 0 Å². The lowest BCUT2D eigenvalue weighted by molar-refractivity contribution is -0.119. The molecule has 0 saturated heterocycles. The standard InChI is InChI=1S/C30H32N6O3/c37-28(19-20-39-27-9-5-2-6-10-27)36(26-17-15-24(16-18-26)23-7-3-1-4-8-23)21-22-11-13-25(14-12-22)29(38)31-30-32-34-35-33-30/h2,5-6,9-18,23H,1,3-4,7-8,19-21H2,(H2,31,32,33,34,35,38). The molecule has 3 aromatic carbocycles. The number of nitrogens with zero attached hydrogens (tertiary/aromatic N) is 4. The van der Waals surface area contributed by atoms with Gasteiger partial charge in [0.25, 0.3) is 11.9 Å². The lowest BCUT2D eigenvalue weighted by atomic mass is 9.84. The number of aromatic nitrogens is 4. The van der Waals surface area contributed by atoms with Crippen LogP contribution in [0.15, 0.2) is 78.9 Å². The van der Waals surface area contributed by atoms with Gasteiger partial charge in [0, 0.05) is 11.3 Å². The number of aromatic amines is 1. The summed E-state index contributed by atoms with van der Waals surface area (Å²) >= 11 is 0. The highest BCUT2D eigenvalue weighted by atomic mass is 16.5. The summed E-state index contributed by atoms with van der Waals surface area (Å²) in [5.74, 6) is 1.07. The Balaban J connectivity index is 1.29. The quantitative estimate of drug-likeness (QED) is 0.283. The second-order valence-corrected chi connectivity index (χ2v) is 9.70. The summed E-state index contributed by atoms with van der Waals surface area (Å²) in [5, 5.41) is 15.8. The molecule has 39 heavy (non-hydrogen) atoms. The summed E-state index contributed by atoms with van der Waals surface area (Å²) in [4.78, 5) is 27.7. The van der Waals surface area contributed by atoms with Crippen molar-refractivity contribution in [3.63, 3.8) is 0 Å². The van der Waals surface area contributed by atoms with E-state index in [1.807, 2.05) is 54.6 Å². The van der Waals surface area contributed by atoms with E-state index in [4.69, 9.17) is 4.74 Å². The number of tetrazole rings is 1. The zero-order valence-corrected chi connectivity index (χ0v) is 21.8. The number of carbonyl (C=O) groups is 2. The average molecular weight is 525 g/mol. The second-order valence-electron chi connectivity index (χ2n) is 9.70. The molecule has 0 bridgehead atoms. The molecule has 0 spiro atoms. The predicted octanol–water partition coefficient (Wildman–Crippen LogP) is 5.50. The summed E-state index contributed by atoms with van der Waals surface area (Å²) in [6, 6.07) is 25.1. The van der Waals surface area contributed by atoms with Gasteiger partial charge in [-0.25, -0.2) is 0 Å². The SMILES string of the molecule is O=C(Nc1nn[nH]n1)c1ccc(CN(C(=O)CCOc2ccccc2)c2ccc(C3CCCCC3)cc2)cc1. The number of H-pyrrole nitrogens is 1. The molecule has 1 aliphatic carbocycles. The van der Waals surface area contributed by atoms with E-state index in [0.717, 1.165) is 17.0 Å². The van der Waals surface area contributed by atoms with Crippen LogP contribution >= 0.6 is 0 Å². The molecule has 0 radical (unpaired) electrons. The molecule has 1 fully saturated rings. The van der Waals surface area contributed by atoms with Crippen molar-refractivity contribution in [2.24, 2.45) is 0 Å². The molecular weight excluding hydrogens is 492 g/mol. The van der Waals surface area contributed by atoms with Crippen LogP contribution in [0.4, 0.5) is 11.6 Å². The highest BCUT2D eigenvalue weighted by Crippen LogP contribution is 2.33. The molecule has 1 heterocycles. The van der Waals surface area contributed by atoms with Crippen LogP contribution in [0.5, 0.6) is 5.75 Å². The van der Waals surface area contributed by atoms with Gasteiger partial charge < -0.3 is 9.64 Å². The van der Waals surface area contributed by atoms with Gasteiger partial charge in [0.2, 0.25) is 5.91 Å². The van der Waals surface area contributed by atoms with Gasteiger partial charge in [0.05, 0.1) is 19.6 Å². The number of para-hydroxylation sites is 1. The molecule has 2 N–H and O–H groups in total. The van der Waals surface area contributed by atoms with Crippen molar-refractivity contribution in [3.8, 4) is 5.75 Å². The van der Waals surface area contributed by atoms with Gasteiger partial charge in [-0.1, -0.05) is 66.8 Å². The first-order valence-corrected chi connectivity index (χ1v) is 13.4. The fraction of sp³-hybridized carbons (Fsp3) is 0.300. The summed E-state index contributed by atoms with van der Waals surface area (Å²) < 4.78 is 5.79. The maximum atomic E-state index is 13.4. The molecule has 2 amide bonds. The number of anilines is 2. The average Bonchev–Trinajstić information content (AvgIpc) is 3.50. The van der Waals surface area contributed by atoms with Gasteiger partial charge in [-0.15, -0.1) is 5.10 Å². The van der Waals surface area contributed by atoms with Crippen LogP contribution in [-0.2, 0) is 11.3 Å². The third-order valence-electron chi connectivity index (χ3n) is 7.04. The summed E-state index contributed by atoms with van der Waals surface area (Å²) in [5.41, 5.74) is 3.54. The largest absolute Gasteiger partial charge is 0.493 e. The molecule has 9 heteroatoms. The minimum absolute atomic E-state index is 0.0322. The topological polar surface area (TPSA) is 113 Å². The normalized spacial score (nSPS) is 13.5. The van der Waals surface area contributed by atoms with E-state index in [2.05, 4.69) is 38.1 Å². The molecule has 1 saturated carbocycles. The molecule has 4 aromatic rings. The number of amides is 2. The van der Waals surface area contributed by atoms with E-state index < -0.39 is 0 Å². The van der Waals surface area contributed by atoms with Crippen LogP contribution in [0.25, 0.3) is 0 Å². The van der Waals surface area contributed by atoms with Gasteiger partial charge in [-0.3, -0.25) is 14.9 Å². The Bertz CT molecular complexity index is 1340. The third-order valence-corrected chi connectivity index (χ3v) is 7.04. The second kappa shape index (κ2) is 12.8. The van der Waals surface area contributed by atoms with Crippen molar-refractivity contribution in [1.29, 1.82) is 0 Å². The van der Waals surface area contributed by atoms with Gasteiger partial charge in [0.1, 0.15) is 5.75 Å². The summed E-state index contributed by atoms with van der Waals surface area (Å²) in [7, 11) is 0. The number of ether oxygens (including phenoxy) is 1. The van der Waals surface area contributed by atoms with Crippen LogP contribution in [0.1, 0.15) is 65.9 Å². The number of nitrogens with one attached hydrogen (secondary N) is 2. The van der Waals surface area contributed by atoms with Crippen molar-refractivity contribution < 1.29 is 14.3 Å². The Kier molecular flexibility index (Phi) is 8.58. The molecular formula is C30H32N6O3. The van der Waals surface area contributed by atoms with Gasteiger partial charge in [0.15, 0.2) is 0 Å². The van der Waals surface area contributed by atoms with E-state index in [-0.39, 0.29) is 30.8 Å². The molecule has 0 unspecified atom stereocenters. The molecule has 1 aromatic heterocycles. The molecule has 5 rings (SSSR count). The third kappa shape index (κ3) is 7.07. The van der Waals surface area contributed by atoms with Crippen molar-refractivity contribution in [1.82, 2.24) is 20.6 Å². The monoisotopic (exact) mass is 524 g/mol. The highest BCUT2D eigenvalue weighted by Gasteiger charge is 2.19. The maximum Gasteiger partial charge on any atom is 0.270 e. The smallest absolute Gasteiger partial charge is 0.270 e. The molecule has 1 aliphatic rings. The minimum atomic E-state index is -0.341. The van der Waals surface area contributed by atoms with E-state index in [9.17, 15) is 9.59 Å². The number of hydrogen-bond donors (Lipinski definition) is 2. The number of carbonyl (C=O) groups excluding carboxylic acids is 2. The number of benzene rings is 3. The summed E-state index contributed by atoms with van der Waals surface area (Å²) in [6.45, 7) is 0.661. The van der Waals surface area contributed by atoms with E-state index in [1.165, 1.54) is 37.7 Å². The zero-order chi connectivity index (χ0) is 26.9. The first kappa shape index (κ1) is 26.1. The zero-order valence-electron chi connectivity index (χ0n) is 21.8. The first-order chi connectivity index (χ1) is 19.2. The molecule has 200 valence electrons. The van der Waals surface area contributed by atoms with E-state index in [0.29, 0.717) is 18.0 Å². The fourth-order valence-electron chi connectivity index (χ4n) is 4.93. The predicted molar refractivity (Wildman–Crippen MR) is 149 cm³/mol. The van der Waals surface area contributed by atoms with Crippen LogP contribution < -0.4 is 15.0 Å². The lowest BCUT2D eigenvalue weighted by Gasteiger charge is -2.25. The van der Waals surface area contributed by atoms with E-state index >= 15 is 0 Å². The van der Waals surface area contributed by atoms with Gasteiger partial charge >= 0.3 is 0 Å². The van der Waals surface area contributed by atoms with Crippen LogP contribution in [0, 0.1) is 0 Å². The van der Waals surface area contributed by atoms with Gasteiger partial charge in [-0.05, 0) is 71.5 Å². The van der Waals surface area contributed by atoms with Crippen molar-refractivity contribution >= 4 is 23.5 Å². The molecule has 0 aliphatic heterocycles. The lowest BCUT2D eigenvalue weighted by Crippen LogP contribution is -2.31. The number of hydrogen-bond acceptors (Lipinski definition) is 6. The Morgan fingerprint density at radius 3 is 2.36 bits per heavy atom. The highest BCUT2D eigenvalue weighted by molar-refractivity contribution is 6.03. The summed E-state index contributed by atoms with van der Waals surface area (Å²) in [6.07, 6.45) is 6.57. The first-order valence-electron chi connectivity index (χ1n) is 13.4. The van der Waals surface area contributed by atoms with Crippen molar-refractivity contribution in [2.75, 3.05) is 16.8 Å². The Morgan fingerprint density at radius 2 is 1.67 bits per heavy atom. The Morgan fingerprint density at radius 1 is 0.923 bits per heavy atom. The fourth-order valence-corrected chi connectivity index (χ4v) is 4.93. The number of rotatable bonds is 10. The van der Waals surface area contributed by atoms with Crippen LogP contribution in [0.3, 0.4) is 0 Å². The van der Waals surface area contributed by atoms with Crippen molar-refractivity contribution in [2.45, 2.75) is 51.0 Å². The molecule has 0 atom stereocenters. The molecule has 9 nitrogen and oxygen atoms in total. The maximum absolute atomic E-state index is 13.4. The minimum Gasteiger partial charge on any atom is -0.493 e. The van der Waals surface area contributed by atoms with Gasteiger partial charge in [-0.2, -0.15) is 5.21 Å². The Hall–Kier alpha value is -4.53.